The number of hydrogen-bond donors (Lipinski definition) is 0. The molecule has 4 nitrogen and oxygen atoms in total. The van der Waals surface area contributed by atoms with Crippen LogP contribution in [-0.2, 0) is 13.5 Å². The average molecular weight is 268 g/mol. The van der Waals surface area contributed by atoms with Gasteiger partial charge in [-0.05, 0) is 19.1 Å². The van der Waals surface area contributed by atoms with E-state index in [4.69, 9.17) is 11.6 Å². The molecule has 6 heteroatoms. The lowest BCUT2D eigenvalue weighted by atomic mass is 10.1. The summed E-state index contributed by atoms with van der Waals surface area (Å²) in [5, 5.41) is 4.56. The molecule has 0 aliphatic carbocycles. The van der Waals surface area contributed by atoms with Gasteiger partial charge in [0.2, 0.25) is 0 Å². The summed E-state index contributed by atoms with van der Waals surface area (Å²) >= 11 is 6.04. The molecule has 94 valence electrons. The van der Waals surface area contributed by atoms with Gasteiger partial charge in [-0.1, -0.05) is 11.6 Å². The average Bonchev–Trinajstić information content (AvgIpc) is 2.57. The predicted octanol–water partition coefficient (Wildman–Crippen LogP) is 2.34. The van der Waals surface area contributed by atoms with Gasteiger partial charge in [0.25, 0.3) is 0 Å². The Balaban J connectivity index is 2.24. The maximum atomic E-state index is 12.7. The van der Waals surface area contributed by atoms with Crippen LogP contribution in [-0.4, -0.2) is 20.5 Å². The van der Waals surface area contributed by atoms with E-state index < -0.39 is 5.82 Å². The van der Waals surface area contributed by atoms with Crippen molar-refractivity contribution in [2.45, 2.75) is 13.3 Å². The maximum Gasteiger partial charge on any atom is 0.185 e. The molecule has 0 amide bonds. The number of halogens is 2. The molecule has 0 aliphatic heterocycles. The van der Waals surface area contributed by atoms with Crippen LogP contribution < -0.4 is 0 Å². The Morgan fingerprint density at radius 2 is 2.22 bits per heavy atom. The fraction of sp³-hybridized carbons (Fsp3) is 0.250. The quantitative estimate of drug-likeness (QED) is 0.802. The SMILES string of the molecule is Cc1nn(C)c(Cl)c1CC(=O)c1ccc(F)cn1. The molecule has 2 aromatic heterocycles. The Morgan fingerprint density at radius 3 is 2.72 bits per heavy atom. The lowest BCUT2D eigenvalue weighted by Crippen LogP contribution is -2.06. The van der Waals surface area contributed by atoms with Crippen LogP contribution >= 0.6 is 11.6 Å². The monoisotopic (exact) mass is 267 g/mol. The van der Waals surface area contributed by atoms with Crippen LogP contribution in [0.1, 0.15) is 21.7 Å². The van der Waals surface area contributed by atoms with E-state index in [0.717, 1.165) is 6.20 Å². The molecule has 18 heavy (non-hydrogen) atoms. The number of carbonyl (C=O) groups excluding carboxylic acids is 1. The first-order valence-corrected chi connectivity index (χ1v) is 5.69. The van der Waals surface area contributed by atoms with E-state index in [1.165, 1.54) is 16.8 Å². The van der Waals surface area contributed by atoms with E-state index in [1.54, 1.807) is 14.0 Å². The Kier molecular flexibility index (Phi) is 3.43. The summed E-state index contributed by atoms with van der Waals surface area (Å²) in [5.41, 5.74) is 1.60. The second-order valence-corrected chi connectivity index (χ2v) is 4.30. The highest BCUT2D eigenvalue weighted by Crippen LogP contribution is 2.20. The zero-order valence-electron chi connectivity index (χ0n) is 9.94. The summed E-state index contributed by atoms with van der Waals surface area (Å²) in [5.74, 6) is -0.685. The van der Waals surface area contributed by atoms with E-state index in [1.807, 2.05) is 0 Å². The number of Topliss-reactive ketones (excluding diaryl/α,β-unsaturated/α-hetero) is 1. The van der Waals surface area contributed by atoms with Crippen molar-refractivity contribution in [2.75, 3.05) is 0 Å². The molecule has 0 spiro atoms. The van der Waals surface area contributed by atoms with Gasteiger partial charge in [0.1, 0.15) is 16.7 Å². The van der Waals surface area contributed by atoms with E-state index in [2.05, 4.69) is 10.1 Å². The first kappa shape index (κ1) is 12.7. The molecule has 0 bridgehead atoms. The number of carbonyl (C=O) groups is 1. The molecule has 0 aliphatic rings. The van der Waals surface area contributed by atoms with Crippen molar-refractivity contribution in [3.63, 3.8) is 0 Å². The summed E-state index contributed by atoms with van der Waals surface area (Å²) in [6, 6.07) is 2.56. The molecule has 0 unspecified atom stereocenters. The topological polar surface area (TPSA) is 47.8 Å². The predicted molar refractivity (Wildman–Crippen MR) is 65.2 cm³/mol. The van der Waals surface area contributed by atoms with Crippen LogP contribution in [0.4, 0.5) is 4.39 Å². The van der Waals surface area contributed by atoms with Crippen molar-refractivity contribution in [3.05, 3.63) is 46.3 Å². The fourth-order valence-electron chi connectivity index (χ4n) is 1.67. The molecule has 2 heterocycles. The molecule has 0 saturated heterocycles. The van der Waals surface area contributed by atoms with E-state index in [9.17, 15) is 9.18 Å². The number of aromatic nitrogens is 3. The number of rotatable bonds is 3. The van der Waals surface area contributed by atoms with E-state index in [-0.39, 0.29) is 17.9 Å². The first-order valence-electron chi connectivity index (χ1n) is 5.31. The molecular formula is C12H11ClFN3O. The van der Waals surface area contributed by atoms with Gasteiger partial charge in [0.05, 0.1) is 11.9 Å². The number of nitrogens with zero attached hydrogens (tertiary/aromatic N) is 3. The third-order valence-corrected chi connectivity index (χ3v) is 3.09. The first-order chi connectivity index (χ1) is 8.49. The standard InChI is InChI=1S/C12H11ClFN3O/c1-7-9(12(13)17(2)16-7)5-11(18)10-4-3-8(14)6-15-10/h3-4,6H,5H2,1-2H3. The minimum atomic E-state index is -0.470. The van der Waals surface area contributed by atoms with Crippen LogP contribution in [0.25, 0.3) is 0 Å². The van der Waals surface area contributed by atoms with Crippen LogP contribution in [0.5, 0.6) is 0 Å². The highest BCUT2D eigenvalue weighted by atomic mass is 35.5. The van der Waals surface area contributed by atoms with Gasteiger partial charge in [-0.15, -0.1) is 0 Å². The van der Waals surface area contributed by atoms with Gasteiger partial charge in [0.15, 0.2) is 5.78 Å². The molecule has 0 aromatic carbocycles. The van der Waals surface area contributed by atoms with E-state index in [0.29, 0.717) is 16.4 Å². The van der Waals surface area contributed by atoms with Gasteiger partial charge >= 0.3 is 0 Å². The largest absolute Gasteiger partial charge is 0.292 e. The van der Waals surface area contributed by atoms with Crippen LogP contribution in [0.2, 0.25) is 5.15 Å². The third-order valence-electron chi connectivity index (χ3n) is 2.62. The molecule has 0 N–H and O–H groups in total. The fourth-order valence-corrected chi connectivity index (χ4v) is 1.91. The third kappa shape index (κ3) is 2.41. The zero-order chi connectivity index (χ0) is 13.3. The molecule has 0 atom stereocenters. The van der Waals surface area contributed by atoms with Crippen molar-refractivity contribution >= 4 is 17.4 Å². The summed E-state index contributed by atoms with van der Waals surface area (Å²) < 4.78 is 14.2. The van der Waals surface area contributed by atoms with Gasteiger partial charge in [-0.2, -0.15) is 5.10 Å². The highest BCUT2D eigenvalue weighted by Gasteiger charge is 2.16. The smallest absolute Gasteiger partial charge is 0.185 e. The molecule has 0 saturated carbocycles. The number of aryl methyl sites for hydroxylation is 2. The molecular weight excluding hydrogens is 257 g/mol. The van der Waals surface area contributed by atoms with Gasteiger partial charge in [0, 0.05) is 19.0 Å². The normalized spacial score (nSPS) is 10.7. The van der Waals surface area contributed by atoms with E-state index >= 15 is 0 Å². The summed E-state index contributed by atoms with van der Waals surface area (Å²) in [6.45, 7) is 1.78. The summed E-state index contributed by atoms with van der Waals surface area (Å²) in [7, 11) is 1.71. The highest BCUT2D eigenvalue weighted by molar-refractivity contribution is 6.30. The van der Waals surface area contributed by atoms with Gasteiger partial charge < -0.3 is 0 Å². The maximum absolute atomic E-state index is 12.7. The lowest BCUT2D eigenvalue weighted by Gasteiger charge is -2.00. The van der Waals surface area contributed by atoms with Crippen molar-refractivity contribution < 1.29 is 9.18 Å². The number of ketones is 1. The second-order valence-electron chi connectivity index (χ2n) is 3.94. The Bertz CT molecular complexity index is 592. The van der Waals surface area contributed by atoms with Gasteiger partial charge in [-0.3, -0.25) is 14.5 Å². The zero-order valence-corrected chi connectivity index (χ0v) is 10.7. The number of hydrogen-bond acceptors (Lipinski definition) is 3. The molecule has 2 aromatic rings. The second kappa shape index (κ2) is 4.86. The Hall–Kier alpha value is -1.75. The Labute approximate surface area is 108 Å². The van der Waals surface area contributed by atoms with Crippen LogP contribution in [0.15, 0.2) is 18.3 Å². The van der Waals surface area contributed by atoms with Crippen molar-refractivity contribution in [1.82, 2.24) is 14.8 Å². The summed E-state index contributed by atoms with van der Waals surface area (Å²) in [6.07, 6.45) is 1.13. The lowest BCUT2D eigenvalue weighted by molar-refractivity contribution is 0.0988. The minimum Gasteiger partial charge on any atom is -0.292 e. The van der Waals surface area contributed by atoms with Crippen molar-refractivity contribution in [3.8, 4) is 0 Å². The molecule has 0 fully saturated rings. The number of pyridine rings is 1. The molecule has 0 radical (unpaired) electrons. The summed E-state index contributed by atoms with van der Waals surface area (Å²) in [4.78, 5) is 15.7. The Morgan fingerprint density at radius 1 is 1.50 bits per heavy atom. The van der Waals surface area contributed by atoms with Crippen molar-refractivity contribution in [1.29, 1.82) is 0 Å². The van der Waals surface area contributed by atoms with Gasteiger partial charge in [-0.25, -0.2) is 4.39 Å². The van der Waals surface area contributed by atoms with Crippen LogP contribution in [0, 0.1) is 12.7 Å². The van der Waals surface area contributed by atoms with Crippen LogP contribution in [0.3, 0.4) is 0 Å². The minimum absolute atomic E-state index is 0.108. The van der Waals surface area contributed by atoms with Crippen molar-refractivity contribution in [2.24, 2.45) is 7.05 Å². The molecule has 2 rings (SSSR count).